The number of ether oxygens (including phenoxy) is 1. The van der Waals surface area contributed by atoms with Crippen LogP contribution in [-0.2, 0) is 14.3 Å². The second-order valence-electron chi connectivity index (χ2n) is 5.43. The third-order valence-corrected chi connectivity index (χ3v) is 2.62. The summed E-state index contributed by atoms with van der Waals surface area (Å²) in [5, 5.41) is 7.89. The smallest absolute Gasteiger partial charge is 0.333 e. The molecule has 0 aliphatic rings. The van der Waals surface area contributed by atoms with Crippen LogP contribution in [0.4, 0.5) is 0 Å². The molecule has 5 heteroatoms. The first-order valence-corrected chi connectivity index (χ1v) is 6.97. The lowest BCUT2D eigenvalue weighted by Gasteiger charge is -2.30. The van der Waals surface area contributed by atoms with Crippen molar-refractivity contribution in [3.8, 4) is 0 Å². The minimum atomic E-state index is -0.935. The van der Waals surface area contributed by atoms with Gasteiger partial charge in [-0.15, -0.1) is 0 Å². The van der Waals surface area contributed by atoms with Gasteiger partial charge in [0.05, 0.1) is 0 Å². The van der Waals surface area contributed by atoms with Crippen molar-refractivity contribution in [2.45, 2.75) is 53.6 Å². The number of carboxylic acid groups (broad SMARTS) is 1. The summed E-state index contributed by atoms with van der Waals surface area (Å²) in [6.45, 7) is 19.6. The normalized spacial score (nSPS) is 10.1. The maximum atomic E-state index is 11.1. The van der Waals surface area contributed by atoms with E-state index in [1.54, 1.807) is 6.92 Å². The number of nitrogens with zero attached hydrogens (tertiary/aromatic N) is 1. The number of hydrogen-bond acceptors (Lipinski definition) is 4. The zero-order valence-corrected chi connectivity index (χ0v) is 14.1. The fourth-order valence-corrected chi connectivity index (χ4v) is 1.48. The Labute approximate surface area is 128 Å². The Morgan fingerprint density at radius 1 is 1.05 bits per heavy atom. The van der Waals surface area contributed by atoms with Crippen LogP contribution in [0.15, 0.2) is 24.3 Å². The Morgan fingerprint density at radius 2 is 1.43 bits per heavy atom. The van der Waals surface area contributed by atoms with E-state index in [1.165, 1.54) is 6.92 Å². The van der Waals surface area contributed by atoms with Crippen LogP contribution in [0.25, 0.3) is 0 Å². The summed E-state index contributed by atoms with van der Waals surface area (Å²) >= 11 is 0. The first kappa shape index (κ1) is 21.7. The van der Waals surface area contributed by atoms with E-state index in [-0.39, 0.29) is 11.5 Å². The molecule has 21 heavy (non-hydrogen) atoms. The van der Waals surface area contributed by atoms with Crippen molar-refractivity contribution in [3.63, 3.8) is 0 Å². The molecule has 0 bridgehead atoms. The molecule has 0 rings (SSSR count). The molecule has 122 valence electrons. The Morgan fingerprint density at radius 3 is 1.67 bits per heavy atom. The van der Waals surface area contributed by atoms with Gasteiger partial charge in [-0.05, 0) is 41.5 Å². The first-order chi connectivity index (χ1) is 9.50. The van der Waals surface area contributed by atoms with Crippen molar-refractivity contribution < 1.29 is 19.4 Å². The van der Waals surface area contributed by atoms with E-state index in [2.05, 4.69) is 45.8 Å². The van der Waals surface area contributed by atoms with Crippen LogP contribution >= 0.6 is 0 Å². The number of rotatable bonds is 7. The van der Waals surface area contributed by atoms with Gasteiger partial charge in [0.1, 0.15) is 6.61 Å². The molecule has 0 aliphatic carbocycles. The van der Waals surface area contributed by atoms with Gasteiger partial charge in [0.2, 0.25) is 0 Å². The van der Waals surface area contributed by atoms with Gasteiger partial charge < -0.3 is 9.84 Å². The van der Waals surface area contributed by atoms with Gasteiger partial charge in [-0.2, -0.15) is 0 Å². The summed E-state index contributed by atoms with van der Waals surface area (Å²) in [5.74, 6) is -1.24. The molecule has 0 unspecified atom stereocenters. The molecule has 1 N–H and O–H groups in total. The Balaban J connectivity index is 0. The third-order valence-electron chi connectivity index (χ3n) is 2.62. The fourth-order valence-electron chi connectivity index (χ4n) is 1.48. The molecule has 0 aliphatic heterocycles. The van der Waals surface area contributed by atoms with E-state index < -0.39 is 5.97 Å². The Bertz CT molecular complexity index is 352. The molecule has 0 spiro atoms. The molecular formula is C16H29NO4. The van der Waals surface area contributed by atoms with Crippen LogP contribution in [0.2, 0.25) is 0 Å². The van der Waals surface area contributed by atoms with Crippen LogP contribution in [0, 0.1) is 0 Å². The summed E-state index contributed by atoms with van der Waals surface area (Å²) < 4.78 is 5.05. The number of esters is 1. The van der Waals surface area contributed by atoms with Crippen molar-refractivity contribution >= 4 is 11.9 Å². The predicted molar refractivity (Wildman–Crippen MR) is 85.2 cm³/mol. The Kier molecular flexibility index (Phi) is 11.4. The largest absolute Gasteiger partial charge is 0.478 e. The maximum absolute atomic E-state index is 11.1. The second kappa shape index (κ2) is 11.1. The van der Waals surface area contributed by atoms with Crippen molar-refractivity contribution in [3.05, 3.63) is 24.3 Å². The minimum Gasteiger partial charge on any atom is -0.478 e. The summed E-state index contributed by atoms with van der Waals surface area (Å²) in [6, 6.07) is 0.932. The molecule has 0 heterocycles. The lowest BCUT2D eigenvalue weighted by molar-refractivity contribution is -0.139. The quantitative estimate of drug-likeness (QED) is 0.578. The number of carboxylic acids is 1. The SMILES string of the molecule is C=C(C)C(=O)O.C=C(C)C(=O)OCCN(C(C)C)C(C)C. The molecule has 0 radical (unpaired) electrons. The summed E-state index contributed by atoms with van der Waals surface area (Å²) in [4.78, 5) is 23.0. The molecule has 0 fully saturated rings. The highest BCUT2D eigenvalue weighted by Gasteiger charge is 2.13. The molecule has 0 aromatic rings. The topological polar surface area (TPSA) is 66.8 Å². The summed E-state index contributed by atoms with van der Waals surface area (Å²) in [7, 11) is 0. The monoisotopic (exact) mass is 299 g/mol. The van der Waals surface area contributed by atoms with Gasteiger partial charge in [0.15, 0.2) is 0 Å². The van der Waals surface area contributed by atoms with Crippen LogP contribution < -0.4 is 0 Å². The molecule has 0 aromatic carbocycles. The van der Waals surface area contributed by atoms with Crippen molar-refractivity contribution in [2.24, 2.45) is 0 Å². The highest BCUT2D eigenvalue weighted by Crippen LogP contribution is 2.04. The number of carbonyl (C=O) groups excluding carboxylic acids is 1. The van der Waals surface area contributed by atoms with E-state index in [0.717, 1.165) is 6.54 Å². The van der Waals surface area contributed by atoms with E-state index in [0.29, 0.717) is 24.3 Å². The molecule has 0 saturated carbocycles. The predicted octanol–water partition coefficient (Wildman–Crippen LogP) is 2.87. The molecular weight excluding hydrogens is 270 g/mol. The van der Waals surface area contributed by atoms with Crippen LogP contribution in [0.1, 0.15) is 41.5 Å². The Hall–Kier alpha value is -1.62. The van der Waals surface area contributed by atoms with Gasteiger partial charge in [-0.3, -0.25) is 4.90 Å². The standard InChI is InChI=1S/C12H23NO2.C4H6O2/c1-9(2)12(14)15-8-7-13(10(3)4)11(5)6;1-3(2)4(5)6/h10-11H,1,7-8H2,2-6H3;1H2,2H3,(H,5,6). The summed E-state index contributed by atoms with van der Waals surface area (Å²) in [6.07, 6.45) is 0. The minimum absolute atomic E-state index is 0.176. The van der Waals surface area contributed by atoms with E-state index >= 15 is 0 Å². The second-order valence-corrected chi connectivity index (χ2v) is 5.43. The molecule has 0 amide bonds. The fraction of sp³-hybridized carbons (Fsp3) is 0.625. The maximum Gasteiger partial charge on any atom is 0.333 e. The number of hydrogen-bond donors (Lipinski definition) is 1. The van der Waals surface area contributed by atoms with Crippen LogP contribution in [-0.4, -0.2) is 47.2 Å². The van der Waals surface area contributed by atoms with Crippen molar-refractivity contribution in [1.82, 2.24) is 4.90 Å². The van der Waals surface area contributed by atoms with Gasteiger partial charge >= 0.3 is 11.9 Å². The number of carbonyl (C=O) groups is 2. The van der Waals surface area contributed by atoms with Gasteiger partial charge in [0, 0.05) is 29.8 Å². The van der Waals surface area contributed by atoms with Crippen molar-refractivity contribution in [1.29, 1.82) is 0 Å². The highest BCUT2D eigenvalue weighted by atomic mass is 16.5. The molecule has 0 saturated heterocycles. The average molecular weight is 299 g/mol. The van der Waals surface area contributed by atoms with Crippen LogP contribution in [0.5, 0.6) is 0 Å². The summed E-state index contributed by atoms with van der Waals surface area (Å²) in [5.41, 5.74) is 0.630. The highest BCUT2D eigenvalue weighted by molar-refractivity contribution is 5.86. The van der Waals surface area contributed by atoms with Crippen molar-refractivity contribution in [2.75, 3.05) is 13.2 Å². The lowest BCUT2D eigenvalue weighted by Crippen LogP contribution is -2.39. The van der Waals surface area contributed by atoms with E-state index in [4.69, 9.17) is 9.84 Å². The van der Waals surface area contributed by atoms with Crippen LogP contribution in [0.3, 0.4) is 0 Å². The first-order valence-electron chi connectivity index (χ1n) is 6.97. The van der Waals surface area contributed by atoms with Gasteiger partial charge in [-0.25, -0.2) is 9.59 Å². The molecule has 5 nitrogen and oxygen atoms in total. The van der Waals surface area contributed by atoms with Gasteiger partial charge in [-0.1, -0.05) is 13.2 Å². The average Bonchev–Trinajstić information content (AvgIpc) is 2.33. The van der Waals surface area contributed by atoms with E-state index in [1.807, 2.05) is 0 Å². The van der Waals surface area contributed by atoms with E-state index in [9.17, 15) is 9.59 Å². The zero-order valence-electron chi connectivity index (χ0n) is 14.1. The molecule has 0 aromatic heterocycles. The lowest BCUT2D eigenvalue weighted by atomic mass is 10.2. The third kappa shape index (κ3) is 11.9. The molecule has 0 atom stereocenters. The van der Waals surface area contributed by atoms with Gasteiger partial charge in [0.25, 0.3) is 0 Å². The zero-order chi connectivity index (χ0) is 17.2. The number of aliphatic carboxylic acids is 1.